The molecule has 0 aromatic carbocycles. The number of carbonyl (C=O) groups excluding carboxylic acids is 5. The van der Waals surface area contributed by atoms with Crippen LogP contribution in [-0.4, -0.2) is 48.3 Å². The quantitative estimate of drug-likeness (QED) is 0.323. The van der Waals surface area contributed by atoms with Crippen LogP contribution in [0.1, 0.15) is 91.4 Å². The highest BCUT2D eigenvalue weighted by atomic mass is 16.7. The van der Waals surface area contributed by atoms with Gasteiger partial charge in [0, 0.05) is 24.2 Å². The molecule has 208 valence electrons. The van der Waals surface area contributed by atoms with Crippen LogP contribution in [0.2, 0.25) is 0 Å². The first-order valence-electron chi connectivity index (χ1n) is 14.4. The summed E-state index contributed by atoms with van der Waals surface area (Å²) in [7, 11) is 0. The Hall–Kier alpha value is -2.51. The molecule has 5 rings (SSSR count). The summed E-state index contributed by atoms with van der Waals surface area (Å²) >= 11 is 0. The van der Waals surface area contributed by atoms with Crippen LogP contribution in [0.4, 0.5) is 4.79 Å². The number of Topliss-reactive ketones (excluding diaryl/α,β-unsaturated/α-hetero) is 2. The van der Waals surface area contributed by atoms with E-state index in [1.54, 1.807) is 6.08 Å². The Morgan fingerprint density at radius 2 is 1.76 bits per heavy atom. The van der Waals surface area contributed by atoms with E-state index in [1.165, 1.54) is 0 Å². The van der Waals surface area contributed by atoms with E-state index in [2.05, 4.69) is 6.92 Å². The van der Waals surface area contributed by atoms with Crippen molar-refractivity contribution in [2.75, 3.05) is 13.2 Å². The molecule has 4 fully saturated rings. The Labute approximate surface area is 224 Å². The van der Waals surface area contributed by atoms with Crippen LogP contribution < -0.4 is 0 Å². The van der Waals surface area contributed by atoms with Gasteiger partial charge in [-0.25, -0.2) is 4.79 Å². The molecule has 0 saturated heterocycles. The highest BCUT2D eigenvalue weighted by molar-refractivity contribution is 5.96. The third kappa shape index (κ3) is 4.32. The van der Waals surface area contributed by atoms with Gasteiger partial charge < -0.3 is 14.2 Å². The van der Waals surface area contributed by atoms with E-state index in [9.17, 15) is 24.0 Å². The fourth-order valence-electron chi connectivity index (χ4n) is 8.22. The summed E-state index contributed by atoms with van der Waals surface area (Å²) in [4.78, 5) is 65.1. The van der Waals surface area contributed by atoms with Crippen molar-refractivity contribution in [1.82, 2.24) is 0 Å². The third-order valence-corrected chi connectivity index (χ3v) is 10.5. The summed E-state index contributed by atoms with van der Waals surface area (Å²) in [5.74, 6) is -1.05. The Bertz CT molecular complexity index is 1070. The highest BCUT2D eigenvalue weighted by Gasteiger charge is 2.71. The first-order valence-corrected chi connectivity index (χ1v) is 14.4. The monoisotopic (exact) mass is 528 g/mol. The SMILES string of the molecule is CCCCOC(=O)O[C@]1(C(=O)COC(=O)C2CC2)CC[C@H]2[C@@H]3CCC4=CC(=O)CC[C@]4(C)[C@H]3C(=O)C[C@@]21C. The van der Waals surface area contributed by atoms with Crippen molar-refractivity contribution in [2.45, 2.75) is 97.0 Å². The highest BCUT2D eigenvalue weighted by Crippen LogP contribution is 2.67. The Morgan fingerprint density at radius 3 is 2.47 bits per heavy atom. The zero-order valence-electron chi connectivity index (χ0n) is 22.8. The van der Waals surface area contributed by atoms with E-state index in [-0.39, 0.29) is 60.1 Å². The Balaban J connectivity index is 1.45. The standard InChI is InChI=1S/C30H40O8/c1-4-5-14-36-27(35)38-30(24(33)17-37-26(34)18-6-7-18)13-11-22-21-9-8-19-15-20(31)10-12-28(19,2)25(21)23(32)16-29(22,30)3/h15,18,21-22,25H,4-14,16-17H2,1-3H3/t21-,22-,25+,28-,29-,30-/m0/s1. The number of hydrogen-bond acceptors (Lipinski definition) is 8. The number of esters is 1. The molecule has 6 atom stereocenters. The lowest BCUT2D eigenvalue weighted by molar-refractivity contribution is -0.177. The molecular formula is C30H40O8. The molecule has 0 spiro atoms. The van der Waals surface area contributed by atoms with Gasteiger partial charge in [-0.05, 0) is 74.7 Å². The van der Waals surface area contributed by atoms with E-state index in [0.717, 1.165) is 37.7 Å². The minimum absolute atomic E-state index is 0.0206. The van der Waals surface area contributed by atoms with Crippen LogP contribution in [0.5, 0.6) is 0 Å². The predicted molar refractivity (Wildman–Crippen MR) is 136 cm³/mol. The van der Waals surface area contributed by atoms with Crippen molar-refractivity contribution < 1.29 is 38.2 Å². The second-order valence-corrected chi connectivity index (χ2v) is 12.6. The van der Waals surface area contributed by atoms with E-state index >= 15 is 0 Å². The molecule has 0 aromatic rings. The first kappa shape index (κ1) is 27.1. The number of unbranched alkanes of at least 4 members (excludes halogenated alkanes) is 1. The zero-order chi connectivity index (χ0) is 27.3. The first-order chi connectivity index (χ1) is 18.1. The molecule has 38 heavy (non-hydrogen) atoms. The zero-order valence-corrected chi connectivity index (χ0v) is 22.8. The van der Waals surface area contributed by atoms with Gasteiger partial charge in [-0.3, -0.25) is 19.2 Å². The molecule has 5 aliphatic rings. The lowest BCUT2D eigenvalue weighted by Gasteiger charge is -2.57. The maximum absolute atomic E-state index is 14.0. The predicted octanol–water partition coefficient (Wildman–Crippen LogP) is 4.91. The Morgan fingerprint density at radius 1 is 1.00 bits per heavy atom. The summed E-state index contributed by atoms with van der Waals surface area (Å²) < 4.78 is 16.6. The molecule has 4 saturated carbocycles. The molecule has 8 heteroatoms. The number of carbonyl (C=O) groups is 5. The molecule has 0 heterocycles. The van der Waals surface area contributed by atoms with Gasteiger partial charge in [-0.2, -0.15) is 0 Å². The van der Waals surface area contributed by atoms with Crippen molar-refractivity contribution in [1.29, 1.82) is 0 Å². The topological polar surface area (TPSA) is 113 Å². The van der Waals surface area contributed by atoms with Crippen molar-refractivity contribution in [3.63, 3.8) is 0 Å². The largest absolute Gasteiger partial charge is 0.509 e. The molecule has 0 radical (unpaired) electrons. The van der Waals surface area contributed by atoms with Gasteiger partial charge in [0.25, 0.3) is 0 Å². The molecule has 0 aromatic heterocycles. The van der Waals surface area contributed by atoms with Crippen LogP contribution in [-0.2, 0) is 33.4 Å². The van der Waals surface area contributed by atoms with Gasteiger partial charge in [0.2, 0.25) is 5.78 Å². The van der Waals surface area contributed by atoms with Gasteiger partial charge >= 0.3 is 12.1 Å². The van der Waals surface area contributed by atoms with Gasteiger partial charge in [-0.15, -0.1) is 0 Å². The van der Waals surface area contributed by atoms with Crippen molar-refractivity contribution in [3.05, 3.63) is 11.6 Å². The second kappa shape index (κ2) is 9.91. The molecular weight excluding hydrogens is 488 g/mol. The smallest absolute Gasteiger partial charge is 0.457 e. The molecule has 8 nitrogen and oxygen atoms in total. The van der Waals surface area contributed by atoms with E-state index < -0.39 is 35.5 Å². The summed E-state index contributed by atoms with van der Waals surface area (Å²) in [6, 6.07) is 0. The van der Waals surface area contributed by atoms with Crippen LogP contribution >= 0.6 is 0 Å². The summed E-state index contributed by atoms with van der Waals surface area (Å²) in [5.41, 5.74) is -1.80. The minimum Gasteiger partial charge on any atom is -0.457 e. The maximum Gasteiger partial charge on any atom is 0.509 e. The van der Waals surface area contributed by atoms with Gasteiger partial charge in [-0.1, -0.05) is 32.8 Å². The van der Waals surface area contributed by atoms with Crippen LogP contribution in [0, 0.1) is 34.5 Å². The normalized spacial score (nSPS) is 37.9. The van der Waals surface area contributed by atoms with Crippen molar-refractivity contribution in [3.8, 4) is 0 Å². The molecule has 0 aliphatic heterocycles. The molecule has 5 aliphatic carbocycles. The summed E-state index contributed by atoms with van der Waals surface area (Å²) in [6.45, 7) is 5.71. The van der Waals surface area contributed by atoms with E-state index in [4.69, 9.17) is 14.2 Å². The lowest BCUT2D eigenvalue weighted by atomic mass is 9.46. The van der Waals surface area contributed by atoms with Gasteiger partial charge in [0.1, 0.15) is 5.78 Å². The minimum atomic E-state index is -1.59. The average Bonchev–Trinajstić information content (AvgIpc) is 3.67. The number of allylic oxidation sites excluding steroid dienone is 1. The van der Waals surface area contributed by atoms with Gasteiger partial charge in [0.05, 0.1) is 12.5 Å². The molecule has 0 bridgehead atoms. The maximum atomic E-state index is 14.0. The molecule has 0 N–H and O–H groups in total. The van der Waals surface area contributed by atoms with Crippen molar-refractivity contribution in [2.24, 2.45) is 34.5 Å². The number of ether oxygens (including phenoxy) is 3. The number of hydrogen-bond donors (Lipinski definition) is 0. The van der Waals surface area contributed by atoms with E-state index in [0.29, 0.717) is 25.7 Å². The molecule has 0 amide bonds. The fraction of sp³-hybridized carbons (Fsp3) is 0.767. The lowest BCUT2D eigenvalue weighted by Crippen LogP contribution is -2.62. The average molecular weight is 529 g/mol. The van der Waals surface area contributed by atoms with E-state index in [1.807, 2.05) is 13.8 Å². The van der Waals surface area contributed by atoms with Crippen molar-refractivity contribution >= 4 is 29.5 Å². The Kier molecular flexibility index (Phi) is 7.06. The van der Waals surface area contributed by atoms with Crippen LogP contribution in [0.25, 0.3) is 0 Å². The van der Waals surface area contributed by atoms with Crippen LogP contribution in [0.15, 0.2) is 11.6 Å². The number of rotatable bonds is 8. The van der Waals surface area contributed by atoms with Gasteiger partial charge in [0.15, 0.2) is 18.0 Å². The summed E-state index contributed by atoms with van der Waals surface area (Å²) in [6.07, 6.45) is 7.49. The second-order valence-electron chi connectivity index (χ2n) is 12.6. The fourth-order valence-corrected chi connectivity index (χ4v) is 8.22. The number of ketones is 3. The summed E-state index contributed by atoms with van der Waals surface area (Å²) in [5, 5.41) is 0. The molecule has 0 unspecified atom stereocenters. The number of fused-ring (bicyclic) bond motifs is 5. The third-order valence-electron chi connectivity index (χ3n) is 10.5. The van der Waals surface area contributed by atoms with Crippen LogP contribution in [0.3, 0.4) is 0 Å².